The average Bonchev–Trinajstić information content (AvgIpc) is 2.93. The van der Waals surface area contributed by atoms with Gasteiger partial charge in [0.2, 0.25) is 5.91 Å². The quantitative estimate of drug-likeness (QED) is 0.573. The lowest BCUT2D eigenvalue weighted by Crippen LogP contribution is -2.50. The Morgan fingerprint density at radius 2 is 2.13 bits per heavy atom. The Bertz CT molecular complexity index is 419. The zero-order valence-electron chi connectivity index (χ0n) is 14.1. The van der Waals surface area contributed by atoms with Crippen LogP contribution in [0.4, 0.5) is 4.79 Å². The van der Waals surface area contributed by atoms with Gasteiger partial charge in [0.1, 0.15) is 0 Å². The molecule has 2 aliphatic rings. The van der Waals surface area contributed by atoms with Gasteiger partial charge >= 0.3 is 6.09 Å². The molecular formula is C17H29N3O3. The molecule has 6 nitrogen and oxygen atoms in total. The van der Waals surface area contributed by atoms with Crippen molar-refractivity contribution < 1.29 is 14.3 Å². The molecule has 2 amide bonds. The molecule has 2 aliphatic heterocycles. The lowest BCUT2D eigenvalue weighted by atomic mass is 10.0. The monoisotopic (exact) mass is 323 g/mol. The van der Waals surface area contributed by atoms with Crippen LogP contribution in [-0.2, 0) is 9.53 Å². The van der Waals surface area contributed by atoms with Crippen molar-refractivity contribution in [3.8, 4) is 0 Å². The second-order valence-electron chi connectivity index (χ2n) is 6.19. The molecule has 0 saturated carbocycles. The standard InChI is InChI=1S/C17H29N3O3/c1-3-10-18-11-7-14-5-6-16(21)20(14)15-8-12-19(13-9-15)17(22)23-4-2/h3,14-15,18H,1,4-13H2,2H3. The molecule has 0 aromatic heterocycles. The van der Waals surface area contributed by atoms with Gasteiger partial charge in [-0.05, 0) is 39.2 Å². The van der Waals surface area contributed by atoms with Crippen molar-refractivity contribution in [1.82, 2.24) is 15.1 Å². The van der Waals surface area contributed by atoms with Crippen LogP contribution in [0, 0.1) is 0 Å². The zero-order chi connectivity index (χ0) is 16.7. The normalized spacial score (nSPS) is 22.5. The Labute approximate surface area is 138 Å². The van der Waals surface area contributed by atoms with Gasteiger partial charge in [0, 0.05) is 38.1 Å². The predicted octanol–water partition coefficient (Wildman–Crippen LogP) is 1.76. The van der Waals surface area contributed by atoms with E-state index in [0.29, 0.717) is 32.2 Å². The van der Waals surface area contributed by atoms with Gasteiger partial charge in [0.25, 0.3) is 0 Å². The molecular weight excluding hydrogens is 294 g/mol. The number of piperidine rings is 1. The fourth-order valence-corrected chi connectivity index (χ4v) is 3.56. The van der Waals surface area contributed by atoms with Crippen LogP contribution < -0.4 is 5.32 Å². The highest BCUT2D eigenvalue weighted by Crippen LogP contribution is 2.28. The molecule has 2 fully saturated rings. The van der Waals surface area contributed by atoms with Crippen LogP contribution >= 0.6 is 0 Å². The third kappa shape index (κ3) is 4.70. The molecule has 23 heavy (non-hydrogen) atoms. The van der Waals surface area contributed by atoms with Gasteiger partial charge in [0.15, 0.2) is 0 Å². The number of nitrogens with one attached hydrogen (secondary N) is 1. The Balaban J connectivity index is 1.83. The first-order chi connectivity index (χ1) is 11.2. The Kier molecular flexibility index (Phi) is 6.89. The van der Waals surface area contributed by atoms with Crippen molar-refractivity contribution in [3.05, 3.63) is 12.7 Å². The first-order valence-corrected chi connectivity index (χ1v) is 8.71. The SMILES string of the molecule is C=CCNCCC1CCC(=O)N1C1CCN(C(=O)OCC)CC1. The number of rotatable bonds is 7. The molecule has 2 rings (SSSR count). The zero-order valence-corrected chi connectivity index (χ0v) is 14.1. The number of amides is 2. The van der Waals surface area contributed by atoms with Crippen LogP contribution in [0.15, 0.2) is 12.7 Å². The van der Waals surface area contributed by atoms with Crippen LogP contribution in [0.3, 0.4) is 0 Å². The molecule has 1 atom stereocenters. The van der Waals surface area contributed by atoms with Crippen molar-refractivity contribution in [2.24, 2.45) is 0 Å². The fraction of sp³-hybridized carbons (Fsp3) is 0.765. The summed E-state index contributed by atoms with van der Waals surface area (Å²) in [5, 5.41) is 3.31. The Hall–Kier alpha value is -1.56. The molecule has 0 aromatic carbocycles. The summed E-state index contributed by atoms with van der Waals surface area (Å²) in [6.45, 7) is 8.98. The maximum atomic E-state index is 12.3. The van der Waals surface area contributed by atoms with Crippen molar-refractivity contribution in [3.63, 3.8) is 0 Å². The average molecular weight is 323 g/mol. The molecule has 0 aromatic rings. The summed E-state index contributed by atoms with van der Waals surface area (Å²) in [5.41, 5.74) is 0. The van der Waals surface area contributed by atoms with E-state index in [9.17, 15) is 9.59 Å². The van der Waals surface area contributed by atoms with Gasteiger partial charge in [-0.15, -0.1) is 6.58 Å². The lowest BCUT2D eigenvalue weighted by molar-refractivity contribution is -0.132. The second kappa shape index (κ2) is 8.91. The van der Waals surface area contributed by atoms with Crippen LogP contribution in [0.1, 0.15) is 39.0 Å². The number of carbonyl (C=O) groups excluding carboxylic acids is 2. The number of hydrogen-bond acceptors (Lipinski definition) is 4. The maximum absolute atomic E-state index is 12.3. The first-order valence-electron chi connectivity index (χ1n) is 8.71. The highest BCUT2D eigenvalue weighted by atomic mass is 16.6. The summed E-state index contributed by atoms with van der Waals surface area (Å²) >= 11 is 0. The van der Waals surface area contributed by atoms with Gasteiger partial charge in [-0.3, -0.25) is 4.79 Å². The number of nitrogens with zero attached hydrogens (tertiary/aromatic N) is 2. The molecule has 6 heteroatoms. The molecule has 0 aliphatic carbocycles. The Morgan fingerprint density at radius 1 is 1.39 bits per heavy atom. The lowest BCUT2D eigenvalue weighted by Gasteiger charge is -2.39. The van der Waals surface area contributed by atoms with Crippen LogP contribution in [-0.4, -0.2) is 66.7 Å². The minimum absolute atomic E-state index is 0.233. The summed E-state index contributed by atoms with van der Waals surface area (Å²) in [4.78, 5) is 27.9. The highest BCUT2D eigenvalue weighted by molar-refractivity contribution is 5.79. The molecule has 1 N–H and O–H groups in total. The summed E-state index contributed by atoms with van der Waals surface area (Å²) in [5.74, 6) is 0.272. The summed E-state index contributed by atoms with van der Waals surface area (Å²) in [7, 11) is 0. The van der Waals surface area contributed by atoms with Gasteiger partial charge < -0.3 is 19.9 Å². The second-order valence-corrected chi connectivity index (χ2v) is 6.19. The van der Waals surface area contributed by atoms with E-state index in [-0.39, 0.29) is 18.0 Å². The molecule has 1 unspecified atom stereocenters. The van der Waals surface area contributed by atoms with Crippen LogP contribution in [0.25, 0.3) is 0 Å². The van der Waals surface area contributed by atoms with Gasteiger partial charge in [-0.1, -0.05) is 6.08 Å². The topological polar surface area (TPSA) is 61.9 Å². The summed E-state index contributed by atoms with van der Waals surface area (Å²) in [6, 6.07) is 0.596. The van der Waals surface area contributed by atoms with Crippen molar-refractivity contribution >= 4 is 12.0 Å². The molecule has 0 radical (unpaired) electrons. The number of likely N-dealkylation sites (tertiary alicyclic amines) is 2. The Morgan fingerprint density at radius 3 is 2.78 bits per heavy atom. The largest absolute Gasteiger partial charge is 0.450 e. The molecule has 0 spiro atoms. The number of hydrogen-bond donors (Lipinski definition) is 1. The van der Waals surface area contributed by atoms with E-state index in [4.69, 9.17) is 4.74 Å². The van der Waals surface area contributed by atoms with E-state index in [1.165, 1.54) is 0 Å². The molecule has 0 bridgehead atoms. The van der Waals surface area contributed by atoms with Gasteiger partial charge in [0.05, 0.1) is 6.61 Å². The number of ether oxygens (including phenoxy) is 1. The van der Waals surface area contributed by atoms with E-state index < -0.39 is 0 Å². The maximum Gasteiger partial charge on any atom is 0.409 e. The first kappa shape index (κ1) is 17.8. The van der Waals surface area contributed by atoms with Crippen LogP contribution in [0.5, 0.6) is 0 Å². The van der Waals surface area contributed by atoms with Crippen molar-refractivity contribution in [2.75, 3.05) is 32.8 Å². The highest BCUT2D eigenvalue weighted by Gasteiger charge is 2.37. The smallest absolute Gasteiger partial charge is 0.409 e. The van der Waals surface area contributed by atoms with E-state index in [1.807, 2.05) is 13.0 Å². The van der Waals surface area contributed by atoms with E-state index in [1.54, 1.807) is 4.90 Å². The van der Waals surface area contributed by atoms with E-state index in [2.05, 4.69) is 16.8 Å². The summed E-state index contributed by atoms with van der Waals surface area (Å²) in [6.07, 6.45) is 5.91. The van der Waals surface area contributed by atoms with Crippen molar-refractivity contribution in [2.45, 2.75) is 51.1 Å². The summed E-state index contributed by atoms with van der Waals surface area (Å²) < 4.78 is 5.05. The van der Waals surface area contributed by atoms with E-state index in [0.717, 1.165) is 38.8 Å². The van der Waals surface area contributed by atoms with Crippen LogP contribution in [0.2, 0.25) is 0 Å². The van der Waals surface area contributed by atoms with Crippen molar-refractivity contribution in [1.29, 1.82) is 0 Å². The van der Waals surface area contributed by atoms with Gasteiger partial charge in [-0.25, -0.2) is 4.79 Å². The molecule has 2 saturated heterocycles. The fourth-order valence-electron chi connectivity index (χ4n) is 3.56. The third-order valence-corrected chi connectivity index (χ3v) is 4.70. The predicted molar refractivity (Wildman–Crippen MR) is 89.2 cm³/mol. The van der Waals surface area contributed by atoms with E-state index >= 15 is 0 Å². The third-order valence-electron chi connectivity index (χ3n) is 4.70. The molecule has 2 heterocycles. The van der Waals surface area contributed by atoms with Gasteiger partial charge in [-0.2, -0.15) is 0 Å². The minimum atomic E-state index is -0.233. The number of carbonyl (C=O) groups is 2. The molecule has 130 valence electrons. The minimum Gasteiger partial charge on any atom is -0.450 e.